The summed E-state index contributed by atoms with van der Waals surface area (Å²) in [5.41, 5.74) is 4.34. The van der Waals surface area contributed by atoms with E-state index in [2.05, 4.69) is 18.0 Å². The van der Waals surface area contributed by atoms with Gasteiger partial charge in [-0.15, -0.1) is 0 Å². The minimum atomic E-state index is -0.000178. The zero-order valence-electron chi connectivity index (χ0n) is 13.3. The van der Waals surface area contributed by atoms with Gasteiger partial charge in [-0.3, -0.25) is 14.2 Å². The maximum absolute atomic E-state index is 12.3. The summed E-state index contributed by atoms with van der Waals surface area (Å²) in [4.78, 5) is 28.9. The van der Waals surface area contributed by atoms with Gasteiger partial charge in [0.2, 0.25) is 5.88 Å². The molecule has 1 aromatic heterocycles. The first-order valence-electron chi connectivity index (χ1n) is 7.99. The normalized spacial score (nSPS) is 22.5. The van der Waals surface area contributed by atoms with Crippen molar-refractivity contribution in [2.24, 2.45) is 4.99 Å². The molecule has 2 aliphatic heterocycles. The maximum atomic E-state index is 12.3. The Kier molecular flexibility index (Phi) is 3.11. The Balaban J connectivity index is 1.96. The molecule has 0 N–H and O–H groups in total. The van der Waals surface area contributed by atoms with Crippen LogP contribution in [0.2, 0.25) is 0 Å². The highest BCUT2D eigenvalue weighted by atomic mass is 16.5. The van der Waals surface area contributed by atoms with E-state index < -0.39 is 0 Å². The average molecular weight is 310 g/mol. The number of aromatic nitrogens is 1. The van der Waals surface area contributed by atoms with Crippen LogP contribution in [0, 0.1) is 0 Å². The molecule has 0 saturated carbocycles. The number of fused-ring (bicyclic) bond motifs is 4. The number of ether oxygens (including phenoxy) is 1. The Bertz CT molecular complexity index is 824. The van der Waals surface area contributed by atoms with Crippen molar-refractivity contribution in [1.29, 1.82) is 0 Å². The van der Waals surface area contributed by atoms with E-state index in [1.54, 1.807) is 7.11 Å². The number of aliphatic imine (C=N–C) groups is 1. The second-order valence-electron chi connectivity index (χ2n) is 6.12. The van der Waals surface area contributed by atoms with Gasteiger partial charge < -0.3 is 4.74 Å². The molecule has 0 saturated heterocycles. The summed E-state index contributed by atoms with van der Waals surface area (Å²) in [6.45, 7) is 2.12. The van der Waals surface area contributed by atoms with Gasteiger partial charge in [0.25, 0.3) is 0 Å². The molecule has 0 spiro atoms. The summed E-state index contributed by atoms with van der Waals surface area (Å²) in [5.74, 6) is 0.785. The van der Waals surface area contributed by atoms with Crippen LogP contribution in [0.5, 0.6) is 0 Å². The molecule has 23 heavy (non-hydrogen) atoms. The van der Waals surface area contributed by atoms with Gasteiger partial charge in [0.15, 0.2) is 11.6 Å². The van der Waals surface area contributed by atoms with Crippen LogP contribution in [0.1, 0.15) is 43.4 Å². The minimum absolute atomic E-state index is 0.000178. The summed E-state index contributed by atoms with van der Waals surface area (Å²) >= 11 is 0. The zero-order valence-corrected chi connectivity index (χ0v) is 13.3. The molecule has 0 aromatic carbocycles. The lowest BCUT2D eigenvalue weighted by Crippen LogP contribution is -2.26. The lowest BCUT2D eigenvalue weighted by Gasteiger charge is -2.27. The van der Waals surface area contributed by atoms with Gasteiger partial charge in [0.1, 0.15) is 5.71 Å². The Labute approximate surface area is 134 Å². The van der Waals surface area contributed by atoms with Crippen LogP contribution in [-0.4, -0.2) is 29.0 Å². The maximum Gasteiger partial charge on any atom is 0.201 e. The molecule has 5 heteroatoms. The Morgan fingerprint density at radius 2 is 2.22 bits per heavy atom. The first-order valence-corrected chi connectivity index (χ1v) is 7.99. The highest BCUT2D eigenvalue weighted by Crippen LogP contribution is 2.45. The number of Topliss-reactive ketones (excluding diaryl/α,β-unsaturated/α-hetero) is 1. The zero-order chi connectivity index (χ0) is 16.1. The van der Waals surface area contributed by atoms with Gasteiger partial charge in [-0.1, -0.05) is 13.0 Å². The summed E-state index contributed by atoms with van der Waals surface area (Å²) in [6, 6.07) is 0. The van der Waals surface area contributed by atoms with Crippen LogP contribution in [0.4, 0.5) is 5.69 Å². The second-order valence-corrected chi connectivity index (χ2v) is 6.12. The monoisotopic (exact) mass is 310 g/mol. The van der Waals surface area contributed by atoms with Gasteiger partial charge in [0.05, 0.1) is 24.9 Å². The van der Waals surface area contributed by atoms with Crippen molar-refractivity contribution in [3.63, 3.8) is 0 Å². The fraction of sp³-hybridized carbons (Fsp3) is 0.389. The van der Waals surface area contributed by atoms with Crippen molar-refractivity contribution in [2.75, 3.05) is 7.11 Å². The standard InChI is InChI=1S/C18H18N2O3/c1-3-11-12-5-4-6-15(22)18(12)19-17-13(11)9-20-14(17)7-10(21)8-16(20)23-2/h5,8-9,11H,3-4,6-7H2,1-2H3. The number of ketones is 2. The van der Waals surface area contributed by atoms with Crippen LogP contribution in [0.15, 0.2) is 28.9 Å². The number of allylic oxidation sites excluding steroid dienone is 3. The van der Waals surface area contributed by atoms with E-state index in [0.717, 1.165) is 35.4 Å². The minimum Gasteiger partial charge on any atom is -0.482 e. The van der Waals surface area contributed by atoms with Crippen molar-refractivity contribution < 1.29 is 14.3 Å². The number of carbonyl (C=O) groups excluding carboxylic acids is 2. The van der Waals surface area contributed by atoms with Crippen molar-refractivity contribution in [2.45, 2.75) is 38.5 Å². The van der Waals surface area contributed by atoms with E-state index >= 15 is 0 Å². The first kappa shape index (κ1) is 14.2. The third kappa shape index (κ3) is 1.96. The van der Waals surface area contributed by atoms with E-state index in [4.69, 9.17) is 4.74 Å². The van der Waals surface area contributed by atoms with E-state index in [1.165, 1.54) is 6.08 Å². The van der Waals surface area contributed by atoms with Gasteiger partial charge in [-0.25, -0.2) is 4.99 Å². The molecule has 1 aromatic rings. The third-order valence-corrected chi connectivity index (χ3v) is 4.83. The third-order valence-electron chi connectivity index (χ3n) is 4.83. The molecule has 1 unspecified atom stereocenters. The molecule has 3 aliphatic rings. The Hall–Kier alpha value is -2.43. The SMILES string of the molecule is CCC1C2=CCCC(=O)C2=Nc2c1cn1c2CC(=O)C=C1OC. The van der Waals surface area contributed by atoms with Gasteiger partial charge in [0, 0.05) is 30.2 Å². The van der Waals surface area contributed by atoms with E-state index in [0.29, 0.717) is 24.4 Å². The molecule has 3 heterocycles. The largest absolute Gasteiger partial charge is 0.482 e. The molecule has 0 amide bonds. The fourth-order valence-electron chi connectivity index (χ4n) is 3.78. The molecule has 0 fully saturated rings. The van der Waals surface area contributed by atoms with Crippen molar-refractivity contribution in [3.05, 3.63) is 35.2 Å². The molecule has 4 rings (SSSR count). The van der Waals surface area contributed by atoms with Crippen molar-refractivity contribution in [3.8, 4) is 0 Å². The quantitative estimate of drug-likeness (QED) is 0.844. The Morgan fingerprint density at radius 3 is 2.96 bits per heavy atom. The molecular formula is C18H18N2O3. The fourth-order valence-corrected chi connectivity index (χ4v) is 3.78. The van der Waals surface area contributed by atoms with Crippen LogP contribution < -0.4 is 0 Å². The summed E-state index contributed by atoms with van der Waals surface area (Å²) < 4.78 is 7.25. The molecular weight excluding hydrogens is 292 g/mol. The van der Waals surface area contributed by atoms with Gasteiger partial charge in [-0.05, 0) is 18.4 Å². The number of methoxy groups -OCH3 is 1. The van der Waals surface area contributed by atoms with E-state index in [9.17, 15) is 9.59 Å². The number of hydrogen-bond acceptors (Lipinski definition) is 4. The predicted octanol–water partition coefficient (Wildman–Crippen LogP) is 2.93. The second kappa shape index (κ2) is 5.05. The smallest absolute Gasteiger partial charge is 0.201 e. The highest BCUT2D eigenvalue weighted by Gasteiger charge is 2.36. The first-order chi connectivity index (χ1) is 11.1. The molecule has 1 aliphatic carbocycles. The predicted molar refractivity (Wildman–Crippen MR) is 86.9 cm³/mol. The lowest BCUT2D eigenvalue weighted by atomic mass is 9.79. The van der Waals surface area contributed by atoms with Crippen LogP contribution in [-0.2, 0) is 20.7 Å². The summed E-state index contributed by atoms with van der Waals surface area (Å²) in [5, 5.41) is 0. The number of nitrogens with zero attached hydrogens (tertiary/aromatic N) is 2. The topological polar surface area (TPSA) is 60.7 Å². The van der Waals surface area contributed by atoms with Crippen LogP contribution in [0.3, 0.4) is 0 Å². The van der Waals surface area contributed by atoms with E-state index in [1.807, 2.05) is 10.8 Å². The lowest BCUT2D eigenvalue weighted by molar-refractivity contribution is -0.114. The number of rotatable bonds is 2. The van der Waals surface area contributed by atoms with Crippen LogP contribution in [0.25, 0.3) is 5.88 Å². The number of carbonyl (C=O) groups is 2. The van der Waals surface area contributed by atoms with Crippen molar-refractivity contribution in [1.82, 2.24) is 4.57 Å². The highest BCUT2D eigenvalue weighted by molar-refractivity contribution is 6.48. The molecule has 118 valence electrons. The summed E-state index contributed by atoms with van der Waals surface area (Å²) in [6.07, 6.45) is 8.18. The molecule has 0 radical (unpaired) electrons. The average Bonchev–Trinajstić information content (AvgIpc) is 2.91. The van der Waals surface area contributed by atoms with Crippen LogP contribution >= 0.6 is 0 Å². The van der Waals surface area contributed by atoms with Gasteiger partial charge in [-0.2, -0.15) is 0 Å². The summed E-state index contributed by atoms with van der Waals surface area (Å²) in [7, 11) is 1.56. The molecule has 1 atom stereocenters. The molecule has 5 nitrogen and oxygen atoms in total. The van der Waals surface area contributed by atoms with E-state index in [-0.39, 0.29) is 17.5 Å². The van der Waals surface area contributed by atoms with Crippen molar-refractivity contribution >= 4 is 28.8 Å². The Morgan fingerprint density at radius 1 is 1.39 bits per heavy atom. The molecule has 0 bridgehead atoms. The number of hydrogen-bond donors (Lipinski definition) is 0. The van der Waals surface area contributed by atoms with Gasteiger partial charge >= 0.3 is 0 Å².